The second kappa shape index (κ2) is 9.78. The number of alkyl halides is 3. The standard InChI is InChI=1S/C18H18ClF3NO7PS/c1-3-31(26,29-8-9-32(2,27)28)17-11-13(5-6-15(17)23(24)25)30-16-7-4-12(10-14(16)19)18(20,21)22/h4-7,10-11H,3,8-9H2,1-2H3. The highest BCUT2D eigenvalue weighted by Gasteiger charge is 2.34. The minimum Gasteiger partial charge on any atom is -0.456 e. The van der Waals surface area contributed by atoms with E-state index in [9.17, 15) is 36.3 Å². The number of benzene rings is 2. The molecule has 2 aromatic carbocycles. The van der Waals surface area contributed by atoms with E-state index in [1.54, 1.807) is 0 Å². The molecule has 0 N–H and O–H groups in total. The molecule has 0 saturated carbocycles. The van der Waals surface area contributed by atoms with Crippen LogP contribution in [0.2, 0.25) is 5.02 Å². The van der Waals surface area contributed by atoms with Crippen LogP contribution in [0.1, 0.15) is 12.5 Å². The van der Waals surface area contributed by atoms with Crippen molar-refractivity contribution in [1.82, 2.24) is 0 Å². The monoisotopic (exact) mass is 515 g/mol. The maximum Gasteiger partial charge on any atom is 0.416 e. The molecule has 0 radical (unpaired) electrons. The third-order valence-corrected chi connectivity index (χ3v) is 7.90. The number of hydrogen-bond acceptors (Lipinski definition) is 7. The van der Waals surface area contributed by atoms with Gasteiger partial charge in [0.15, 0.2) is 0 Å². The Morgan fingerprint density at radius 3 is 2.34 bits per heavy atom. The van der Waals surface area contributed by atoms with Gasteiger partial charge in [-0.1, -0.05) is 18.5 Å². The zero-order chi connectivity index (χ0) is 24.3. The SMILES string of the molecule is CCP(=O)(OCCS(C)(=O)=O)c1cc(Oc2ccc(C(F)(F)F)cc2Cl)ccc1[N+](=O)[O-]. The molecular formula is C18H18ClF3NO7PS. The van der Waals surface area contributed by atoms with Crippen LogP contribution in [0.3, 0.4) is 0 Å². The number of nitro benzene ring substituents is 1. The van der Waals surface area contributed by atoms with E-state index >= 15 is 0 Å². The van der Waals surface area contributed by atoms with Gasteiger partial charge in [0.1, 0.15) is 26.6 Å². The lowest BCUT2D eigenvalue weighted by Gasteiger charge is -2.18. The quantitative estimate of drug-likeness (QED) is 0.261. The zero-order valence-corrected chi connectivity index (χ0v) is 19.2. The van der Waals surface area contributed by atoms with Crippen LogP contribution in [-0.4, -0.2) is 38.1 Å². The largest absolute Gasteiger partial charge is 0.456 e. The van der Waals surface area contributed by atoms with Gasteiger partial charge in [-0.3, -0.25) is 14.7 Å². The van der Waals surface area contributed by atoms with E-state index in [1.165, 1.54) is 6.92 Å². The first-order valence-electron chi connectivity index (χ1n) is 8.91. The van der Waals surface area contributed by atoms with Gasteiger partial charge in [-0.15, -0.1) is 0 Å². The van der Waals surface area contributed by atoms with Gasteiger partial charge in [0.05, 0.1) is 27.9 Å². The Balaban J connectivity index is 2.43. The summed E-state index contributed by atoms with van der Waals surface area (Å²) in [4.78, 5) is 10.7. The highest BCUT2D eigenvalue weighted by Crippen LogP contribution is 2.48. The number of nitrogens with zero attached hydrogens (tertiary/aromatic N) is 1. The second-order valence-electron chi connectivity index (χ2n) is 6.61. The van der Waals surface area contributed by atoms with E-state index in [-0.39, 0.29) is 28.0 Å². The van der Waals surface area contributed by atoms with Crippen molar-refractivity contribution in [3.8, 4) is 11.5 Å². The highest BCUT2D eigenvalue weighted by molar-refractivity contribution is 7.90. The van der Waals surface area contributed by atoms with Crippen LogP contribution in [0.15, 0.2) is 36.4 Å². The fourth-order valence-corrected chi connectivity index (χ4v) is 5.15. The normalized spacial score (nSPS) is 14.1. The van der Waals surface area contributed by atoms with Crippen LogP contribution in [0, 0.1) is 10.1 Å². The fraction of sp³-hybridized carbons (Fsp3) is 0.333. The second-order valence-corrected chi connectivity index (χ2v) is 12.0. The summed E-state index contributed by atoms with van der Waals surface area (Å²) in [6, 6.07) is 5.62. The first-order chi connectivity index (χ1) is 14.7. The lowest BCUT2D eigenvalue weighted by molar-refractivity contribution is -0.383. The fourth-order valence-electron chi connectivity index (χ4n) is 2.55. The summed E-state index contributed by atoms with van der Waals surface area (Å²) in [5, 5.41) is 10.8. The van der Waals surface area contributed by atoms with Crippen LogP contribution in [-0.2, 0) is 25.1 Å². The van der Waals surface area contributed by atoms with Crippen LogP contribution < -0.4 is 10.0 Å². The third-order valence-electron chi connectivity index (χ3n) is 4.17. The Morgan fingerprint density at radius 2 is 1.84 bits per heavy atom. The highest BCUT2D eigenvalue weighted by atomic mass is 35.5. The van der Waals surface area contributed by atoms with Crippen molar-refractivity contribution in [2.45, 2.75) is 13.1 Å². The molecule has 0 aliphatic heterocycles. The molecular weight excluding hydrogens is 498 g/mol. The molecule has 0 fully saturated rings. The zero-order valence-electron chi connectivity index (χ0n) is 16.8. The maximum atomic E-state index is 13.3. The van der Waals surface area contributed by atoms with E-state index in [1.807, 2.05) is 0 Å². The van der Waals surface area contributed by atoms with Crippen LogP contribution in [0.5, 0.6) is 11.5 Å². The van der Waals surface area contributed by atoms with Crippen LogP contribution in [0.4, 0.5) is 18.9 Å². The van der Waals surface area contributed by atoms with Crippen molar-refractivity contribution < 1.29 is 40.3 Å². The molecule has 0 heterocycles. The van der Waals surface area contributed by atoms with E-state index in [0.29, 0.717) is 6.07 Å². The summed E-state index contributed by atoms with van der Waals surface area (Å²) in [6.07, 6.45) is -3.83. The van der Waals surface area contributed by atoms with Crippen molar-refractivity contribution in [1.29, 1.82) is 0 Å². The minimum atomic E-state index is -4.61. The minimum absolute atomic E-state index is 0.0901. The van der Waals surface area contributed by atoms with Gasteiger partial charge >= 0.3 is 6.18 Å². The molecule has 0 amide bonds. The lowest BCUT2D eigenvalue weighted by Crippen LogP contribution is -2.17. The molecule has 0 aromatic heterocycles. The number of sulfone groups is 1. The van der Waals surface area contributed by atoms with Gasteiger partial charge in [0, 0.05) is 24.6 Å². The summed E-state index contributed by atoms with van der Waals surface area (Å²) in [7, 11) is -7.30. The van der Waals surface area contributed by atoms with Gasteiger partial charge in [0.2, 0.25) is 7.37 Å². The average molecular weight is 516 g/mol. The number of nitro groups is 1. The molecule has 1 atom stereocenters. The van der Waals surface area contributed by atoms with E-state index in [4.69, 9.17) is 20.9 Å². The molecule has 14 heteroatoms. The Kier molecular flexibility index (Phi) is 7.98. The van der Waals surface area contributed by atoms with Gasteiger partial charge in [-0.25, -0.2) is 8.42 Å². The van der Waals surface area contributed by atoms with Crippen molar-refractivity contribution in [2.24, 2.45) is 0 Å². The molecule has 0 aliphatic rings. The molecule has 2 rings (SSSR count). The number of hydrogen-bond donors (Lipinski definition) is 0. The first kappa shape index (κ1) is 26.1. The molecule has 32 heavy (non-hydrogen) atoms. The predicted molar refractivity (Wildman–Crippen MR) is 113 cm³/mol. The summed E-state index contributed by atoms with van der Waals surface area (Å²) < 4.78 is 85.0. The van der Waals surface area contributed by atoms with Crippen LogP contribution in [0.25, 0.3) is 0 Å². The summed E-state index contributed by atoms with van der Waals surface area (Å²) in [5.41, 5.74) is -1.53. The van der Waals surface area contributed by atoms with Crippen molar-refractivity contribution in [3.63, 3.8) is 0 Å². The van der Waals surface area contributed by atoms with E-state index in [0.717, 1.165) is 36.6 Å². The van der Waals surface area contributed by atoms with Gasteiger partial charge in [-0.2, -0.15) is 13.2 Å². The molecule has 176 valence electrons. The Morgan fingerprint density at radius 1 is 1.19 bits per heavy atom. The van der Waals surface area contributed by atoms with Crippen molar-refractivity contribution in [3.05, 3.63) is 57.1 Å². The van der Waals surface area contributed by atoms with E-state index < -0.39 is 51.9 Å². The first-order valence-corrected chi connectivity index (χ1v) is 13.2. The van der Waals surface area contributed by atoms with Crippen molar-refractivity contribution in [2.75, 3.05) is 24.8 Å². The smallest absolute Gasteiger partial charge is 0.416 e. The third kappa shape index (κ3) is 6.68. The molecule has 8 nitrogen and oxygen atoms in total. The number of ether oxygens (including phenoxy) is 1. The van der Waals surface area contributed by atoms with Gasteiger partial charge < -0.3 is 9.26 Å². The Labute approximate surface area is 186 Å². The lowest BCUT2D eigenvalue weighted by atomic mass is 10.2. The summed E-state index contributed by atoms with van der Waals surface area (Å²) in [5.74, 6) is -0.696. The molecule has 0 saturated heterocycles. The van der Waals surface area contributed by atoms with Crippen LogP contribution >= 0.6 is 19.0 Å². The topological polar surface area (TPSA) is 113 Å². The maximum absolute atomic E-state index is 13.3. The molecule has 0 aliphatic carbocycles. The van der Waals surface area contributed by atoms with Crippen molar-refractivity contribution >= 4 is 39.8 Å². The van der Waals surface area contributed by atoms with Gasteiger partial charge in [0.25, 0.3) is 5.69 Å². The summed E-state index contributed by atoms with van der Waals surface area (Å²) >= 11 is 5.87. The molecule has 1 unspecified atom stereocenters. The summed E-state index contributed by atoms with van der Waals surface area (Å²) in [6.45, 7) is 1.00. The molecule has 2 aromatic rings. The molecule has 0 spiro atoms. The number of halogens is 4. The number of rotatable bonds is 9. The molecule has 0 bridgehead atoms. The predicted octanol–water partition coefficient (Wildman–Crippen LogP) is 5.04. The van der Waals surface area contributed by atoms with E-state index in [2.05, 4.69) is 0 Å². The van der Waals surface area contributed by atoms with Gasteiger partial charge in [-0.05, 0) is 24.3 Å². The Bertz CT molecular complexity index is 1170. The average Bonchev–Trinajstić information content (AvgIpc) is 2.67. The Hall–Kier alpha value is -2.14.